The van der Waals surface area contributed by atoms with E-state index >= 15 is 0 Å². The van der Waals surface area contributed by atoms with Crippen LogP contribution in [0.2, 0.25) is 0 Å². The monoisotopic (exact) mass is 249 g/mol. The van der Waals surface area contributed by atoms with Gasteiger partial charge in [0.15, 0.2) is 5.84 Å². The Morgan fingerprint density at radius 2 is 1.95 bits per heavy atom. The van der Waals surface area contributed by atoms with Gasteiger partial charge in [0.25, 0.3) is 5.91 Å². The molecule has 0 radical (unpaired) electrons. The highest BCUT2D eigenvalue weighted by atomic mass is 16.2. The van der Waals surface area contributed by atoms with Gasteiger partial charge in [-0.3, -0.25) is 15.1 Å². The van der Waals surface area contributed by atoms with E-state index in [0.29, 0.717) is 11.4 Å². The molecule has 0 aromatic heterocycles. The minimum Gasteiger partial charge on any atom is -0.282 e. The van der Waals surface area contributed by atoms with E-state index in [0.717, 1.165) is 5.56 Å². The maximum Gasteiger partial charge on any atom is 0.267 e. The third-order valence-electron chi connectivity index (χ3n) is 2.88. The van der Waals surface area contributed by atoms with E-state index in [-0.39, 0.29) is 11.7 Å². The molecule has 4 nitrogen and oxygen atoms in total. The predicted molar refractivity (Wildman–Crippen MR) is 74.7 cm³/mol. The van der Waals surface area contributed by atoms with Crippen molar-refractivity contribution in [1.82, 2.24) is 4.90 Å². The molecule has 1 N–H and O–H groups in total. The Hall–Kier alpha value is -2.75. The van der Waals surface area contributed by atoms with E-state index in [9.17, 15) is 4.79 Å². The molecule has 2 aliphatic rings. The van der Waals surface area contributed by atoms with Gasteiger partial charge in [-0.15, -0.1) is 0 Å². The first-order valence-electron chi connectivity index (χ1n) is 5.88. The highest BCUT2D eigenvalue weighted by molar-refractivity contribution is 6.33. The fourth-order valence-electron chi connectivity index (χ4n) is 1.95. The number of amides is 1. The summed E-state index contributed by atoms with van der Waals surface area (Å²) < 4.78 is 0. The van der Waals surface area contributed by atoms with E-state index < -0.39 is 0 Å². The highest BCUT2D eigenvalue weighted by Crippen LogP contribution is 2.19. The fourth-order valence-corrected chi connectivity index (χ4v) is 1.95. The Kier molecular flexibility index (Phi) is 2.68. The first-order valence-corrected chi connectivity index (χ1v) is 5.88. The van der Waals surface area contributed by atoms with Gasteiger partial charge in [0.05, 0.1) is 5.57 Å². The molecule has 1 aromatic carbocycles. The standard InChI is InChI=1S/C15H11N3O/c16-14-12(10-11-6-2-1-3-7-11)15(19)18-9-5-4-8-13(18)17-14/h1-10,16H. The Balaban J connectivity index is 2.04. The summed E-state index contributed by atoms with van der Waals surface area (Å²) in [6.07, 6.45) is 8.63. The number of hydrogen-bond donors (Lipinski definition) is 1. The minimum atomic E-state index is -0.223. The van der Waals surface area contributed by atoms with Crippen molar-refractivity contribution in [3.8, 4) is 0 Å². The number of nitrogens with zero attached hydrogens (tertiary/aromatic N) is 2. The SMILES string of the molecule is N=C1N=C2C=CC=CN2C(=O)C1=Cc1ccccc1. The molecule has 2 heterocycles. The topological polar surface area (TPSA) is 56.5 Å². The van der Waals surface area contributed by atoms with Crippen LogP contribution in [-0.2, 0) is 4.79 Å². The van der Waals surface area contributed by atoms with Crippen LogP contribution in [0.3, 0.4) is 0 Å². The van der Waals surface area contributed by atoms with Crippen LogP contribution in [0, 0.1) is 5.41 Å². The molecule has 0 fully saturated rings. The number of aliphatic imine (C=N–C) groups is 1. The number of fused-ring (bicyclic) bond motifs is 1. The van der Waals surface area contributed by atoms with E-state index in [1.165, 1.54) is 4.90 Å². The molecule has 92 valence electrons. The van der Waals surface area contributed by atoms with E-state index in [1.54, 1.807) is 30.5 Å². The van der Waals surface area contributed by atoms with Gasteiger partial charge < -0.3 is 0 Å². The van der Waals surface area contributed by atoms with Gasteiger partial charge in [0.1, 0.15) is 5.84 Å². The molecule has 1 aromatic rings. The first kappa shape index (κ1) is 11.3. The van der Waals surface area contributed by atoms with E-state index in [4.69, 9.17) is 5.41 Å². The second-order valence-corrected chi connectivity index (χ2v) is 4.16. The summed E-state index contributed by atoms with van der Waals surface area (Å²) >= 11 is 0. The number of hydrogen-bond acceptors (Lipinski definition) is 2. The molecule has 0 saturated carbocycles. The van der Waals surface area contributed by atoms with Crippen LogP contribution in [0.1, 0.15) is 5.56 Å². The quantitative estimate of drug-likeness (QED) is 0.763. The molecule has 0 unspecified atom stereocenters. The lowest BCUT2D eigenvalue weighted by atomic mass is 10.1. The van der Waals surface area contributed by atoms with Crippen molar-refractivity contribution in [2.24, 2.45) is 4.99 Å². The summed E-state index contributed by atoms with van der Waals surface area (Å²) in [6, 6.07) is 9.46. The smallest absolute Gasteiger partial charge is 0.267 e. The van der Waals surface area contributed by atoms with Crippen LogP contribution >= 0.6 is 0 Å². The van der Waals surface area contributed by atoms with E-state index in [1.807, 2.05) is 30.3 Å². The molecule has 19 heavy (non-hydrogen) atoms. The lowest BCUT2D eigenvalue weighted by molar-refractivity contribution is -0.121. The zero-order chi connectivity index (χ0) is 13.2. The summed E-state index contributed by atoms with van der Waals surface area (Å²) in [7, 11) is 0. The largest absolute Gasteiger partial charge is 0.282 e. The van der Waals surface area contributed by atoms with E-state index in [2.05, 4.69) is 4.99 Å². The van der Waals surface area contributed by atoms with Crippen molar-refractivity contribution in [3.05, 3.63) is 65.9 Å². The third-order valence-corrected chi connectivity index (χ3v) is 2.88. The zero-order valence-corrected chi connectivity index (χ0v) is 10.1. The molecular weight excluding hydrogens is 238 g/mol. The van der Waals surface area contributed by atoms with Crippen LogP contribution in [0.25, 0.3) is 6.08 Å². The molecule has 0 atom stereocenters. The number of benzene rings is 1. The molecule has 4 heteroatoms. The molecule has 0 bridgehead atoms. The van der Waals surface area contributed by atoms with Crippen LogP contribution in [0.5, 0.6) is 0 Å². The van der Waals surface area contributed by atoms with Crippen molar-refractivity contribution in [2.45, 2.75) is 0 Å². The lowest BCUT2D eigenvalue weighted by Crippen LogP contribution is -2.39. The maximum atomic E-state index is 12.3. The van der Waals surface area contributed by atoms with Crippen molar-refractivity contribution in [1.29, 1.82) is 5.41 Å². The molecule has 3 rings (SSSR count). The molecule has 1 amide bonds. The summed E-state index contributed by atoms with van der Waals surface area (Å²) in [5, 5.41) is 7.89. The Morgan fingerprint density at radius 1 is 1.16 bits per heavy atom. The zero-order valence-electron chi connectivity index (χ0n) is 10.1. The second-order valence-electron chi connectivity index (χ2n) is 4.16. The Labute approximate surface area is 110 Å². The maximum absolute atomic E-state index is 12.3. The number of rotatable bonds is 1. The van der Waals surface area contributed by atoms with Crippen LogP contribution in [0.4, 0.5) is 0 Å². The minimum absolute atomic E-state index is 0.0000491. The van der Waals surface area contributed by atoms with Gasteiger partial charge in [-0.25, -0.2) is 4.99 Å². The molecule has 0 spiro atoms. The predicted octanol–water partition coefficient (Wildman–Crippen LogP) is 2.37. The van der Waals surface area contributed by atoms with Crippen molar-refractivity contribution in [2.75, 3.05) is 0 Å². The number of nitrogens with one attached hydrogen (secondary N) is 1. The number of allylic oxidation sites excluding steroid dienone is 2. The van der Waals surface area contributed by atoms with Gasteiger partial charge in [0.2, 0.25) is 0 Å². The van der Waals surface area contributed by atoms with Crippen molar-refractivity contribution in [3.63, 3.8) is 0 Å². The lowest BCUT2D eigenvalue weighted by Gasteiger charge is -2.25. The normalized spacial score (nSPS) is 19.7. The Morgan fingerprint density at radius 3 is 2.74 bits per heavy atom. The Bertz CT molecular complexity index is 666. The fraction of sp³-hybridized carbons (Fsp3) is 0. The van der Waals surface area contributed by atoms with Crippen molar-refractivity contribution < 1.29 is 4.79 Å². The van der Waals surface area contributed by atoms with Gasteiger partial charge in [-0.2, -0.15) is 0 Å². The van der Waals surface area contributed by atoms with Gasteiger partial charge in [0, 0.05) is 6.20 Å². The average molecular weight is 249 g/mol. The van der Waals surface area contributed by atoms with Gasteiger partial charge >= 0.3 is 0 Å². The van der Waals surface area contributed by atoms with Crippen LogP contribution < -0.4 is 0 Å². The van der Waals surface area contributed by atoms with Gasteiger partial charge in [-0.05, 0) is 23.8 Å². The third kappa shape index (κ3) is 2.04. The highest BCUT2D eigenvalue weighted by Gasteiger charge is 2.28. The molecule has 0 aliphatic carbocycles. The van der Waals surface area contributed by atoms with Gasteiger partial charge in [-0.1, -0.05) is 36.4 Å². The summed E-state index contributed by atoms with van der Waals surface area (Å²) in [4.78, 5) is 17.9. The second kappa shape index (κ2) is 4.49. The van der Waals surface area contributed by atoms with Crippen LogP contribution in [0.15, 0.2) is 65.3 Å². The number of carbonyl (C=O) groups is 1. The molecule has 2 aliphatic heterocycles. The summed E-state index contributed by atoms with van der Waals surface area (Å²) in [5.41, 5.74) is 1.18. The average Bonchev–Trinajstić information content (AvgIpc) is 2.45. The summed E-state index contributed by atoms with van der Waals surface area (Å²) in [6.45, 7) is 0. The molecular formula is C15H11N3O. The number of amidine groups is 2. The molecule has 0 saturated heterocycles. The summed E-state index contributed by atoms with van der Waals surface area (Å²) in [5.74, 6) is 0.266. The van der Waals surface area contributed by atoms with Crippen LogP contribution in [-0.4, -0.2) is 22.5 Å². The first-order chi connectivity index (χ1) is 9.25. The van der Waals surface area contributed by atoms with Crippen molar-refractivity contribution >= 4 is 23.7 Å². The number of carbonyl (C=O) groups excluding carboxylic acids is 1.